The third-order valence-electron chi connectivity index (χ3n) is 5.72. The van der Waals surface area contributed by atoms with Crippen molar-refractivity contribution >= 4 is 24.7 Å². The second-order valence-electron chi connectivity index (χ2n) is 9.37. The molecule has 0 saturated carbocycles. The van der Waals surface area contributed by atoms with Crippen LogP contribution in [0.15, 0.2) is 72.8 Å². The Kier molecular flexibility index (Phi) is 7.30. The molecule has 0 bridgehead atoms. The van der Waals surface area contributed by atoms with E-state index in [1.165, 1.54) is 6.07 Å². The smallest absolute Gasteiger partial charge is 0.343 e. The van der Waals surface area contributed by atoms with E-state index in [0.29, 0.717) is 5.56 Å². The zero-order valence-corrected chi connectivity index (χ0v) is 20.8. The minimum Gasteiger partial charge on any atom is -0.507 e. The van der Waals surface area contributed by atoms with E-state index in [1.54, 1.807) is 13.0 Å². The summed E-state index contributed by atoms with van der Waals surface area (Å²) in [5.74, 6) is -1.40. The minimum atomic E-state index is -2.73. The van der Waals surface area contributed by atoms with Crippen molar-refractivity contribution in [3.05, 3.63) is 83.9 Å². The van der Waals surface area contributed by atoms with E-state index in [2.05, 4.69) is 45.0 Å². The largest absolute Gasteiger partial charge is 0.507 e. The van der Waals surface area contributed by atoms with Crippen LogP contribution in [0.4, 0.5) is 0 Å². The van der Waals surface area contributed by atoms with Crippen molar-refractivity contribution in [1.29, 1.82) is 0 Å². The molecule has 1 atom stereocenters. The van der Waals surface area contributed by atoms with Crippen molar-refractivity contribution in [2.45, 2.75) is 45.8 Å². The normalized spacial score (nSPS) is 12.9. The molecule has 33 heavy (non-hydrogen) atoms. The molecule has 0 aliphatic heterocycles. The van der Waals surface area contributed by atoms with Gasteiger partial charge in [0.05, 0.1) is 6.61 Å². The van der Waals surface area contributed by atoms with Crippen molar-refractivity contribution in [2.75, 3.05) is 6.61 Å². The van der Waals surface area contributed by atoms with Crippen LogP contribution in [0.3, 0.4) is 0 Å². The molecule has 0 aromatic heterocycles. The van der Waals surface area contributed by atoms with Crippen LogP contribution < -0.4 is 15.1 Å². The van der Waals surface area contributed by atoms with E-state index in [-0.39, 0.29) is 28.7 Å². The van der Waals surface area contributed by atoms with Crippen molar-refractivity contribution in [1.82, 2.24) is 0 Å². The van der Waals surface area contributed by atoms with Gasteiger partial charge in [0, 0.05) is 0 Å². The lowest BCUT2D eigenvalue weighted by atomic mass is 10.1. The molecular weight excluding hydrogens is 432 g/mol. The fraction of sp³-hybridized carbons (Fsp3) is 0.296. The first kappa shape index (κ1) is 24.5. The Labute approximate surface area is 196 Å². The molecule has 0 amide bonds. The monoisotopic (exact) mass is 464 g/mol. The van der Waals surface area contributed by atoms with E-state index < -0.39 is 20.4 Å². The number of hydrogen-bond donors (Lipinski definition) is 2. The number of carboxylic acids is 1. The van der Waals surface area contributed by atoms with E-state index >= 15 is 0 Å². The third kappa shape index (κ3) is 5.12. The molecule has 0 fully saturated rings. The molecule has 0 aliphatic rings. The second-order valence-corrected chi connectivity index (χ2v) is 13.7. The zero-order chi connectivity index (χ0) is 24.2. The van der Waals surface area contributed by atoms with Gasteiger partial charge in [0.15, 0.2) is 0 Å². The number of ether oxygens (including phenoxy) is 1. The predicted molar refractivity (Wildman–Crippen MR) is 133 cm³/mol. The van der Waals surface area contributed by atoms with Gasteiger partial charge in [-0.15, -0.1) is 0 Å². The van der Waals surface area contributed by atoms with Crippen molar-refractivity contribution in [2.24, 2.45) is 0 Å². The first-order valence-electron chi connectivity index (χ1n) is 11.0. The summed E-state index contributed by atoms with van der Waals surface area (Å²) in [6.45, 7) is 10.5. The first-order valence-corrected chi connectivity index (χ1v) is 13.0. The van der Waals surface area contributed by atoms with Crippen LogP contribution in [0, 0.1) is 6.92 Å². The summed E-state index contributed by atoms with van der Waals surface area (Å²) in [7, 11) is -2.73. The van der Waals surface area contributed by atoms with Crippen LogP contribution in [0.2, 0.25) is 5.04 Å². The Morgan fingerprint density at radius 3 is 1.94 bits per heavy atom. The Morgan fingerprint density at radius 2 is 1.48 bits per heavy atom. The Morgan fingerprint density at radius 1 is 0.970 bits per heavy atom. The highest BCUT2D eigenvalue weighted by atomic mass is 28.4. The molecule has 174 valence electrons. The van der Waals surface area contributed by atoms with E-state index in [1.807, 2.05) is 43.3 Å². The predicted octanol–water partition coefficient (Wildman–Crippen LogP) is 4.74. The van der Waals surface area contributed by atoms with E-state index in [9.17, 15) is 15.0 Å². The fourth-order valence-corrected chi connectivity index (χ4v) is 8.94. The van der Waals surface area contributed by atoms with Crippen LogP contribution in [0.1, 0.15) is 43.6 Å². The second kappa shape index (κ2) is 9.81. The van der Waals surface area contributed by atoms with Gasteiger partial charge < -0.3 is 19.4 Å². The lowest BCUT2D eigenvalue weighted by Crippen LogP contribution is -2.67. The molecular formula is C27H32O5Si. The number of aromatic carboxylic acids is 1. The van der Waals surface area contributed by atoms with Gasteiger partial charge in [0.1, 0.15) is 23.2 Å². The molecule has 0 spiro atoms. The van der Waals surface area contributed by atoms with Gasteiger partial charge in [0.25, 0.3) is 8.32 Å². The number of hydrogen-bond acceptors (Lipinski definition) is 4. The number of carbonyl (C=O) groups is 1. The maximum Gasteiger partial charge on any atom is 0.343 e. The summed E-state index contributed by atoms with van der Waals surface area (Å²) in [6.07, 6.45) is -0.439. The number of benzene rings is 3. The maximum absolute atomic E-state index is 11.7. The number of aryl methyl sites for hydroxylation is 1. The Bertz CT molecular complexity index is 1050. The van der Waals surface area contributed by atoms with Crippen molar-refractivity contribution in [3.8, 4) is 11.5 Å². The van der Waals surface area contributed by atoms with Gasteiger partial charge in [-0.2, -0.15) is 0 Å². The molecule has 3 rings (SSSR count). The van der Waals surface area contributed by atoms with Crippen molar-refractivity contribution in [3.63, 3.8) is 0 Å². The lowest BCUT2D eigenvalue weighted by molar-refractivity contribution is 0.0681. The molecule has 0 saturated heterocycles. The average molecular weight is 465 g/mol. The number of phenols is 1. The highest BCUT2D eigenvalue weighted by Gasteiger charge is 2.50. The van der Waals surface area contributed by atoms with Crippen LogP contribution in [0.25, 0.3) is 0 Å². The van der Waals surface area contributed by atoms with E-state index in [0.717, 1.165) is 10.4 Å². The summed E-state index contributed by atoms with van der Waals surface area (Å²) >= 11 is 0. The molecule has 0 radical (unpaired) electrons. The van der Waals surface area contributed by atoms with Gasteiger partial charge >= 0.3 is 5.97 Å². The topological polar surface area (TPSA) is 76.0 Å². The zero-order valence-electron chi connectivity index (χ0n) is 19.8. The summed E-state index contributed by atoms with van der Waals surface area (Å²) in [5, 5.41) is 21.8. The molecule has 0 heterocycles. The van der Waals surface area contributed by atoms with Crippen LogP contribution >= 0.6 is 0 Å². The van der Waals surface area contributed by atoms with Crippen LogP contribution in [0.5, 0.6) is 11.5 Å². The quantitative estimate of drug-likeness (QED) is 0.471. The molecule has 6 heteroatoms. The van der Waals surface area contributed by atoms with Gasteiger partial charge in [-0.1, -0.05) is 81.4 Å². The van der Waals surface area contributed by atoms with Gasteiger partial charge in [0.2, 0.25) is 0 Å². The molecule has 3 aromatic carbocycles. The van der Waals surface area contributed by atoms with Crippen LogP contribution in [-0.2, 0) is 4.43 Å². The first-order chi connectivity index (χ1) is 15.6. The molecule has 3 aromatic rings. The number of rotatable bonds is 8. The molecule has 0 aliphatic carbocycles. The molecule has 5 nitrogen and oxygen atoms in total. The maximum atomic E-state index is 11.7. The van der Waals surface area contributed by atoms with Gasteiger partial charge in [-0.3, -0.25) is 0 Å². The Hall–Kier alpha value is -3.09. The summed E-state index contributed by atoms with van der Waals surface area (Å²) in [6, 6.07) is 23.7. The SMILES string of the molecule is Cc1cc(O)c(C(=O)O)c(O[C@@H](C)CO[Si](c2ccccc2)(c2ccccc2)C(C)(C)C)c1. The highest BCUT2D eigenvalue weighted by molar-refractivity contribution is 6.99. The number of aromatic hydroxyl groups is 1. The molecule has 2 N–H and O–H groups in total. The molecule has 0 unspecified atom stereocenters. The average Bonchev–Trinajstić information content (AvgIpc) is 2.74. The fourth-order valence-electron chi connectivity index (χ4n) is 4.30. The summed E-state index contributed by atoms with van der Waals surface area (Å²) in [5.41, 5.74) is 0.477. The van der Waals surface area contributed by atoms with Crippen molar-refractivity contribution < 1.29 is 24.2 Å². The highest BCUT2D eigenvalue weighted by Crippen LogP contribution is 2.37. The minimum absolute atomic E-state index is 0.138. The third-order valence-corrected chi connectivity index (χ3v) is 10.7. The standard InChI is InChI=1S/C27H32O5Si/c1-19-16-23(28)25(26(29)30)24(17-19)32-20(2)18-31-33(27(3,4)5,21-12-8-6-9-13-21)22-14-10-7-11-15-22/h6-17,20,28H,18H2,1-5H3,(H,29,30)/t20-/m0/s1. The lowest BCUT2D eigenvalue weighted by Gasteiger charge is -2.43. The summed E-state index contributed by atoms with van der Waals surface area (Å²) < 4.78 is 12.9. The Balaban J connectivity index is 1.97. The van der Waals surface area contributed by atoms with Crippen LogP contribution in [-0.4, -0.2) is 37.2 Å². The van der Waals surface area contributed by atoms with E-state index in [4.69, 9.17) is 9.16 Å². The number of carboxylic acid groups (broad SMARTS) is 1. The van der Waals surface area contributed by atoms with Gasteiger partial charge in [-0.05, 0) is 47.0 Å². The summed E-state index contributed by atoms with van der Waals surface area (Å²) in [4.78, 5) is 11.7. The van der Waals surface area contributed by atoms with Gasteiger partial charge in [-0.25, -0.2) is 4.79 Å².